The first-order valence-electron chi connectivity index (χ1n) is 11.0. The first-order chi connectivity index (χ1) is 16.4. The Balaban J connectivity index is 1.78. The molecule has 0 heterocycles. The van der Waals surface area contributed by atoms with Crippen LogP contribution in [0.5, 0.6) is 11.5 Å². The van der Waals surface area contributed by atoms with E-state index >= 15 is 0 Å². The molecule has 0 aliphatic heterocycles. The first kappa shape index (κ1) is 22.9. The van der Waals surface area contributed by atoms with Gasteiger partial charge in [0.25, 0.3) is 5.91 Å². The minimum atomic E-state index is -2.70. The number of phenols is 2. The van der Waals surface area contributed by atoms with E-state index in [2.05, 4.69) is 0 Å². The molecule has 10 heteroatoms. The van der Waals surface area contributed by atoms with Crippen molar-refractivity contribution in [1.29, 1.82) is 0 Å². The number of nitrogens with two attached hydrogens (primary N) is 1. The maximum absolute atomic E-state index is 13.6. The summed E-state index contributed by atoms with van der Waals surface area (Å²) in [6.45, 7) is 0. The van der Waals surface area contributed by atoms with E-state index < -0.39 is 58.0 Å². The van der Waals surface area contributed by atoms with Crippen molar-refractivity contribution in [2.45, 2.75) is 24.5 Å². The van der Waals surface area contributed by atoms with Crippen molar-refractivity contribution in [3.05, 3.63) is 58.1 Å². The molecular formula is C25H24N2O8. The summed E-state index contributed by atoms with van der Waals surface area (Å²) in [4.78, 5) is 40.4. The average Bonchev–Trinajstić information content (AvgIpc) is 2.79. The van der Waals surface area contributed by atoms with Crippen molar-refractivity contribution in [3.63, 3.8) is 0 Å². The zero-order chi connectivity index (χ0) is 25.6. The third-order valence-corrected chi connectivity index (χ3v) is 7.58. The van der Waals surface area contributed by atoms with Gasteiger partial charge < -0.3 is 31.3 Å². The second kappa shape index (κ2) is 7.30. The molecule has 0 spiro atoms. The molecule has 2 aromatic rings. The quantitative estimate of drug-likeness (QED) is 0.270. The van der Waals surface area contributed by atoms with E-state index in [4.69, 9.17) is 5.73 Å². The highest BCUT2D eigenvalue weighted by Gasteiger charge is 2.63. The summed E-state index contributed by atoms with van der Waals surface area (Å²) >= 11 is 0. The largest absolute Gasteiger partial charge is 0.510 e. The Morgan fingerprint density at radius 2 is 1.66 bits per heavy atom. The van der Waals surface area contributed by atoms with Crippen LogP contribution in [0.25, 0.3) is 10.8 Å². The standard InChI is InChI=1S/C25H24N2O8/c1-27(2)17-13-8-9-7-12-15(19(29)11-6-4-3-5-10(11)18(12)28)20(30)14(9)22(32)25(13,35)23(33)16(21(17)31)24(26)34/h3-6,9,13,17,28-29,31-32,35H,7-8H2,1-2H3,(H2,26,34)/t9-,13-,17-,25-/m0/s1. The van der Waals surface area contributed by atoms with Gasteiger partial charge in [0.15, 0.2) is 11.4 Å². The minimum absolute atomic E-state index is 0.0266. The van der Waals surface area contributed by atoms with E-state index in [0.29, 0.717) is 5.39 Å². The molecule has 0 aromatic heterocycles. The van der Waals surface area contributed by atoms with Crippen LogP contribution in [0.15, 0.2) is 46.9 Å². The number of ketones is 2. The Morgan fingerprint density at radius 1 is 1.06 bits per heavy atom. The SMILES string of the molecule is CN(C)[C@@H]1C(O)=C(C(N)=O)C(=O)[C@@]2(O)C(O)=C3C(=O)c4c(c(O)c5ccccc5c4O)C[C@H]3C[C@@H]12. The van der Waals surface area contributed by atoms with Crippen LogP contribution in [0.3, 0.4) is 0 Å². The van der Waals surface area contributed by atoms with Gasteiger partial charge in [0.1, 0.15) is 28.6 Å². The monoisotopic (exact) mass is 480 g/mol. The Morgan fingerprint density at radius 3 is 2.23 bits per heavy atom. The van der Waals surface area contributed by atoms with Crippen molar-refractivity contribution in [3.8, 4) is 11.5 Å². The molecule has 7 N–H and O–H groups in total. The number of aliphatic hydroxyl groups excluding tert-OH is 2. The number of Topliss-reactive ketones (excluding diaryl/α,β-unsaturated/α-hetero) is 2. The average molecular weight is 480 g/mol. The predicted molar refractivity (Wildman–Crippen MR) is 123 cm³/mol. The van der Waals surface area contributed by atoms with Crippen LogP contribution in [0, 0.1) is 11.8 Å². The van der Waals surface area contributed by atoms with Gasteiger partial charge in [0, 0.05) is 27.8 Å². The van der Waals surface area contributed by atoms with Gasteiger partial charge in [-0.25, -0.2) is 0 Å². The van der Waals surface area contributed by atoms with E-state index in [0.717, 1.165) is 0 Å². The van der Waals surface area contributed by atoms with Gasteiger partial charge in [-0.2, -0.15) is 0 Å². The van der Waals surface area contributed by atoms with Crippen LogP contribution in [0.4, 0.5) is 0 Å². The van der Waals surface area contributed by atoms with E-state index in [9.17, 15) is 39.9 Å². The fourth-order valence-electron chi connectivity index (χ4n) is 6.05. The van der Waals surface area contributed by atoms with Gasteiger partial charge in [-0.3, -0.25) is 19.3 Å². The molecule has 10 nitrogen and oxygen atoms in total. The Kier molecular flexibility index (Phi) is 4.77. The molecule has 0 unspecified atom stereocenters. The minimum Gasteiger partial charge on any atom is -0.510 e. The molecule has 4 atom stereocenters. The van der Waals surface area contributed by atoms with Gasteiger partial charge in [0.2, 0.25) is 5.78 Å². The lowest BCUT2D eigenvalue weighted by atomic mass is 9.58. The second-order valence-corrected chi connectivity index (χ2v) is 9.56. The van der Waals surface area contributed by atoms with Crippen LogP contribution < -0.4 is 5.73 Å². The van der Waals surface area contributed by atoms with Crippen LogP contribution in [0.1, 0.15) is 22.3 Å². The lowest BCUT2D eigenvalue weighted by molar-refractivity contribution is -0.148. The first-order valence-corrected chi connectivity index (χ1v) is 11.0. The van der Waals surface area contributed by atoms with Crippen molar-refractivity contribution in [2.24, 2.45) is 17.6 Å². The number of aliphatic hydroxyl groups is 3. The van der Waals surface area contributed by atoms with Gasteiger partial charge >= 0.3 is 0 Å². The predicted octanol–water partition coefficient (Wildman–Crippen LogP) is 0.979. The molecule has 0 saturated carbocycles. The summed E-state index contributed by atoms with van der Waals surface area (Å²) in [5, 5.41) is 56.0. The molecule has 1 amide bonds. The molecule has 0 fully saturated rings. The lowest BCUT2D eigenvalue weighted by Gasteiger charge is -2.50. The number of aromatic hydroxyl groups is 2. The Labute approximate surface area is 199 Å². The Bertz CT molecular complexity index is 1420. The molecule has 0 radical (unpaired) electrons. The highest BCUT2D eigenvalue weighted by molar-refractivity contribution is 6.25. The topological polar surface area (TPSA) is 182 Å². The molecule has 0 saturated heterocycles. The number of carbonyl (C=O) groups is 3. The molecule has 5 rings (SSSR count). The third kappa shape index (κ3) is 2.74. The number of amides is 1. The van der Waals surface area contributed by atoms with Crippen molar-refractivity contribution >= 4 is 28.2 Å². The number of likely N-dealkylation sites (N-methyl/N-ethyl adjacent to an activating group) is 1. The molecule has 3 aliphatic rings. The molecular weight excluding hydrogens is 456 g/mol. The molecule has 0 bridgehead atoms. The van der Waals surface area contributed by atoms with Gasteiger partial charge in [-0.1, -0.05) is 24.3 Å². The van der Waals surface area contributed by atoms with Gasteiger partial charge in [0.05, 0.1) is 11.6 Å². The summed E-state index contributed by atoms with van der Waals surface area (Å²) in [6.07, 6.45) is -0.0163. The second-order valence-electron chi connectivity index (χ2n) is 9.56. The molecule has 182 valence electrons. The van der Waals surface area contributed by atoms with Crippen LogP contribution in [0.2, 0.25) is 0 Å². The number of hydrogen-bond donors (Lipinski definition) is 6. The molecule has 3 aliphatic carbocycles. The van der Waals surface area contributed by atoms with Gasteiger partial charge in [-0.15, -0.1) is 0 Å². The number of rotatable bonds is 2. The summed E-state index contributed by atoms with van der Waals surface area (Å²) in [5.41, 5.74) is 1.47. The maximum atomic E-state index is 13.6. The number of hydrogen-bond acceptors (Lipinski definition) is 9. The van der Waals surface area contributed by atoms with Crippen molar-refractivity contribution < 1.29 is 39.9 Å². The van der Waals surface area contributed by atoms with Crippen LogP contribution >= 0.6 is 0 Å². The third-order valence-electron chi connectivity index (χ3n) is 7.58. The summed E-state index contributed by atoms with van der Waals surface area (Å²) in [6, 6.07) is 5.37. The molecule has 2 aromatic carbocycles. The zero-order valence-corrected chi connectivity index (χ0v) is 18.9. The van der Waals surface area contributed by atoms with E-state index in [1.54, 1.807) is 32.3 Å². The fourth-order valence-corrected chi connectivity index (χ4v) is 6.05. The van der Waals surface area contributed by atoms with E-state index in [-0.39, 0.29) is 46.4 Å². The fraction of sp³-hybridized carbons (Fsp3) is 0.320. The van der Waals surface area contributed by atoms with E-state index in [1.165, 1.54) is 11.0 Å². The van der Waals surface area contributed by atoms with Gasteiger partial charge in [-0.05, 0) is 32.9 Å². The number of nitrogens with zero attached hydrogens (tertiary/aromatic N) is 1. The molecule has 35 heavy (non-hydrogen) atoms. The number of primary amides is 1. The number of phenolic OH excluding ortho intramolecular Hbond substituents is 2. The van der Waals surface area contributed by atoms with E-state index in [1.807, 2.05) is 0 Å². The van der Waals surface area contributed by atoms with Crippen molar-refractivity contribution in [1.82, 2.24) is 4.90 Å². The van der Waals surface area contributed by atoms with Crippen molar-refractivity contribution in [2.75, 3.05) is 14.1 Å². The summed E-state index contributed by atoms with van der Waals surface area (Å²) < 4.78 is 0. The number of allylic oxidation sites excluding steroid dienone is 1. The Hall–Kier alpha value is -3.89. The summed E-state index contributed by atoms with van der Waals surface area (Å²) in [5.74, 6) is -7.41. The zero-order valence-electron chi connectivity index (χ0n) is 18.9. The number of benzene rings is 2. The smallest absolute Gasteiger partial charge is 0.255 e. The number of fused-ring (bicyclic) bond motifs is 4. The highest BCUT2D eigenvalue weighted by Crippen LogP contribution is 2.54. The highest BCUT2D eigenvalue weighted by atomic mass is 16.3. The lowest BCUT2D eigenvalue weighted by Crippen LogP contribution is -2.63. The van der Waals surface area contributed by atoms with Crippen LogP contribution in [-0.2, 0) is 16.0 Å². The normalized spacial score (nSPS) is 28.3. The number of carbonyl (C=O) groups excluding carboxylic acids is 3. The summed E-state index contributed by atoms with van der Waals surface area (Å²) in [7, 11) is 3.12. The van der Waals surface area contributed by atoms with Crippen LogP contribution in [-0.4, -0.2) is 73.6 Å². The maximum Gasteiger partial charge on any atom is 0.255 e.